The van der Waals surface area contributed by atoms with Gasteiger partial charge in [0, 0.05) is 17.1 Å². The molecule has 0 saturated heterocycles. The number of hydrogen-bond donors (Lipinski definition) is 2. The highest BCUT2D eigenvalue weighted by molar-refractivity contribution is 6.31. The molecule has 0 aliphatic heterocycles. The van der Waals surface area contributed by atoms with Gasteiger partial charge in [-0.05, 0) is 17.7 Å². The van der Waals surface area contributed by atoms with Crippen LogP contribution in [0.25, 0.3) is 0 Å². The predicted molar refractivity (Wildman–Crippen MR) is 75.1 cm³/mol. The highest BCUT2D eigenvalue weighted by Crippen LogP contribution is 2.20. The lowest BCUT2D eigenvalue weighted by atomic mass is 10.1. The Hall–Kier alpha value is -1.91. The molecule has 1 unspecified atom stereocenters. The van der Waals surface area contributed by atoms with Gasteiger partial charge in [0.15, 0.2) is 0 Å². The van der Waals surface area contributed by atoms with Gasteiger partial charge in [0.25, 0.3) is 0 Å². The molecule has 0 bridgehead atoms. The largest absolute Gasteiger partial charge is 0.480 e. The van der Waals surface area contributed by atoms with Crippen LogP contribution in [-0.2, 0) is 11.3 Å². The molecular formula is C15H13ClFNO2. The lowest BCUT2D eigenvalue weighted by Gasteiger charge is -2.16. The summed E-state index contributed by atoms with van der Waals surface area (Å²) < 4.78 is 13.7. The Morgan fingerprint density at radius 3 is 2.50 bits per heavy atom. The third kappa shape index (κ3) is 3.35. The zero-order valence-electron chi connectivity index (χ0n) is 10.5. The van der Waals surface area contributed by atoms with Crippen molar-refractivity contribution in [3.63, 3.8) is 0 Å². The first kappa shape index (κ1) is 14.5. The third-order valence-corrected chi connectivity index (χ3v) is 3.29. The van der Waals surface area contributed by atoms with Gasteiger partial charge in [0.05, 0.1) is 0 Å². The topological polar surface area (TPSA) is 49.3 Å². The lowest BCUT2D eigenvalue weighted by molar-refractivity contribution is -0.139. The lowest BCUT2D eigenvalue weighted by Crippen LogP contribution is -2.29. The van der Waals surface area contributed by atoms with Crippen molar-refractivity contribution in [3.8, 4) is 0 Å². The molecule has 0 spiro atoms. The molecule has 0 amide bonds. The summed E-state index contributed by atoms with van der Waals surface area (Å²) in [6.07, 6.45) is 0. The van der Waals surface area contributed by atoms with E-state index in [0.29, 0.717) is 5.02 Å². The molecule has 5 heteroatoms. The Balaban J connectivity index is 2.18. The monoisotopic (exact) mass is 293 g/mol. The minimum absolute atomic E-state index is 0.104. The van der Waals surface area contributed by atoms with Crippen molar-refractivity contribution in [3.05, 3.63) is 70.5 Å². The molecule has 2 rings (SSSR count). The smallest absolute Gasteiger partial charge is 0.325 e. The Morgan fingerprint density at radius 2 is 1.85 bits per heavy atom. The van der Waals surface area contributed by atoms with E-state index in [0.717, 1.165) is 5.56 Å². The van der Waals surface area contributed by atoms with Gasteiger partial charge >= 0.3 is 5.97 Å². The fraction of sp³-hybridized carbons (Fsp3) is 0.133. The molecule has 0 aromatic heterocycles. The van der Waals surface area contributed by atoms with Gasteiger partial charge in [-0.25, -0.2) is 4.39 Å². The van der Waals surface area contributed by atoms with Gasteiger partial charge in [-0.15, -0.1) is 0 Å². The van der Waals surface area contributed by atoms with Gasteiger partial charge in [-0.2, -0.15) is 0 Å². The second-order valence-corrected chi connectivity index (χ2v) is 4.67. The zero-order valence-corrected chi connectivity index (χ0v) is 11.3. The van der Waals surface area contributed by atoms with Crippen LogP contribution in [0, 0.1) is 5.82 Å². The molecule has 0 fully saturated rings. The molecule has 104 valence electrons. The minimum Gasteiger partial charge on any atom is -0.480 e. The number of carboxylic acid groups (broad SMARTS) is 1. The molecule has 0 saturated carbocycles. The van der Waals surface area contributed by atoms with Crippen LogP contribution in [0.4, 0.5) is 4.39 Å². The van der Waals surface area contributed by atoms with Gasteiger partial charge in [-0.3, -0.25) is 10.1 Å². The van der Waals surface area contributed by atoms with Crippen molar-refractivity contribution >= 4 is 17.6 Å². The fourth-order valence-electron chi connectivity index (χ4n) is 1.89. The molecule has 2 N–H and O–H groups in total. The zero-order chi connectivity index (χ0) is 14.5. The highest BCUT2D eigenvalue weighted by Gasteiger charge is 2.22. The molecule has 0 aliphatic rings. The molecule has 2 aromatic carbocycles. The number of benzene rings is 2. The van der Waals surface area contributed by atoms with E-state index in [2.05, 4.69) is 5.32 Å². The fourth-order valence-corrected chi connectivity index (χ4v) is 2.10. The maximum Gasteiger partial charge on any atom is 0.325 e. The Labute approximate surface area is 121 Å². The van der Waals surface area contributed by atoms with Crippen LogP contribution in [0.5, 0.6) is 0 Å². The summed E-state index contributed by atoms with van der Waals surface area (Å²) in [4.78, 5) is 11.3. The highest BCUT2D eigenvalue weighted by atomic mass is 35.5. The predicted octanol–water partition coefficient (Wildman–Crippen LogP) is 3.39. The first-order valence-corrected chi connectivity index (χ1v) is 6.41. The third-order valence-electron chi connectivity index (χ3n) is 2.92. The van der Waals surface area contributed by atoms with E-state index in [1.165, 1.54) is 18.2 Å². The quantitative estimate of drug-likeness (QED) is 0.888. The standard InChI is InChI=1S/C15H13ClFNO2/c16-12-7-3-1-5-10(12)9-18-14(15(19)20)11-6-2-4-8-13(11)17/h1-8,14,18H,9H2,(H,19,20). The molecule has 20 heavy (non-hydrogen) atoms. The SMILES string of the molecule is O=C(O)C(NCc1ccccc1Cl)c1ccccc1F. The van der Waals surface area contributed by atoms with Crippen molar-refractivity contribution in [1.82, 2.24) is 5.32 Å². The van der Waals surface area contributed by atoms with Crippen LogP contribution in [0.3, 0.4) is 0 Å². The molecule has 0 radical (unpaired) electrons. The van der Waals surface area contributed by atoms with E-state index in [4.69, 9.17) is 11.6 Å². The summed E-state index contributed by atoms with van der Waals surface area (Å²) in [5.74, 6) is -1.69. The van der Waals surface area contributed by atoms with Crippen LogP contribution in [0.1, 0.15) is 17.2 Å². The minimum atomic E-state index is -1.14. The van der Waals surface area contributed by atoms with E-state index in [9.17, 15) is 14.3 Å². The maximum atomic E-state index is 13.7. The van der Waals surface area contributed by atoms with E-state index in [1.54, 1.807) is 24.3 Å². The Bertz CT molecular complexity index is 618. The molecular weight excluding hydrogens is 281 g/mol. The van der Waals surface area contributed by atoms with Gasteiger partial charge in [0.1, 0.15) is 11.9 Å². The number of rotatable bonds is 5. The van der Waals surface area contributed by atoms with Crippen molar-refractivity contribution in [2.45, 2.75) is 12.6 Å². The van der Waals surface area contributed by atoms with E-state index in [-0.39, 0.29) is 12.1 Å². The van der Waals surface area contributed by atoms with Crippen LogP contribution in [-0.4, -0.2) is 11.1 Å². The normalized spacial score (nSPS) is 12.1. The van der Waals surface area contributed by atoms with E-state index >= 15 is 0 Å². The van der Waals surface area contributed by atoms with E-state index in [1.807, 2.05) is 6.07 Å². The van der Waals surface area contributed by atoms with Crippen LogP contribution in [0.2, 0.25) is 5.02 Å². The first-order valence-electron chi connectivity index (χ1n) is 6.03. The molecule has 1 atom stereocenters. The van der Waals surface area contributed by atoms with Gasteiger partial charge in [0.2, 0.25) is 0 Å². The number of nitrogens with one attached hydrogen (secondary N) is 1. The van der Waals surface area contributed by atoms with Gasteiger partial charge < -0.3 is 5.11 Å². The second-order valence-electron chi connectivity index (χ2n) is 4.27. The van der Waals surface area contributed by atoms with Crippen molar-refractivity contribution in [2.75, 3.05) is 0 Å². The van der Waals surface area contributed by atoms with Crippen LogP contribution < -0.4 is 5.32 Å². The van der Waals surface area contributed by atoms with Crippen molar-refractivity contribution in [2.24, 2.45) is 0 Å². The number of carboxylic acids is 1. The van der Waals surface area contributed by atoms with Crippen molar-refractivity contribution < 1.29 is 14.3 Å². The number of halogens is 2. The Kier molecular flexibility index (Phi) is 4.71. The summed E-state index contributed by atoms with van der Waals surface area (Å²) in [6.45, 7) is 0.241. The summed E-state index contributed by atoms with van der Waals surface area (Å²) >= 11 is 6.00. The molecule has 0 aliphatic carbocycles. The van der Waals surface area contributed by atoms with E-state index < -0.39 is 17.8 Å². The Morgan fingerprint density at radius 1 is 1.20 bits per heavy atom. The average Bonchev–Trinajstić information content (AvgIpc) is 2.42. The molecule has 2 aromatic rings. The summed E-state index contributed by atoms with van der Waals surface area (Å²) in [5, 5.41) is 12.6. The molecule has 3 nitrogen and oxygen atoms in total. The number of carbonyl (C=O) groups is 1. The van der Waals surface area contributed by atoms with Gasteiger partial charge in [-0.1, -0.05) is 48.0 Å². The number of aliphatic carboxylic acids is 1. The second kappa shape index (κ2) is 6.50. The number of hydrogen-bond acceptors (Lipinski definition) is 2. The molecule has 0 heterocycles. The first-order chi connectivity index (χ1) is 9.59. The maximum absolute atomic E-state index is 13.7. The van der Waals surface area contributed by atoms with Crippen LogP contribution >= 0.6 is 11.6 Å². The summed E-state index contributed by atoms with van der Waals surface area (Å²) in [7, 11) is 0. The van der Waals surface area contributed by atoms with Crippen molar-refractivity contribution in [1.29, 1.82) is 0 Å². The average molecular weight is 294 g/mol. The van der Waals surface area contributed by atoms with Crippen LogP contribution in [0.15, 0.2) is 48.5 Å². The summed E-state index contributed by atoms with van der Waals surface area (Å²) in [6, 6.07) is 11.8. The summed E-state index contributed by atoms with van der Waals surface area (Å²) in [5.41, 5.74) is 0.865.